The lowest BCUT2D eigenvalue weighted by atomic mass is 10.2. The lowest BCUT2D eigenvalue weighted by molar-refractivity contribution is 0.0422. The first-order chi connectivity index (χ1) is 7.62. The van der Waals surface area contributed by atoms with E-state index in [-0.39, 0.29) is 0 Å². The Morgan fingerprint density at radius 1 is 0.944 bits per heavy atom. The third kappa shape index (κ3) is 10.0. The van der Waals surface area contributed by atoms with E-state index in [0.29, 0.717) is 0 Å². The second-order valence-corrected chi connectivity index (χ2v) is 9.46. The van der Waals surface area contributed by atoms with Crippen LogP contribution in [0, 0.1) is 0 Å². The van der Waals surface area contributed by atoms with Gasteiger partial charge in [-0.05, 0) is 41.5 Å². The summed E-state index contributed by atoms with van der Waals surface area (Å²) < 4.78 is 49.6. The molecule has 110 valence electrons. The Bertz CT molecular complexity index is 395. The SMILES string of the molecule is CC(C)(C)OP(=O)(COS(C)(=O)=O)OC(C)(C)C. The summed E-state index contributed by atoms with van der Waals surface area (Å²) in [7, 11) is -7.36. The standard InChI is InChI=1S/C10H23O6PS/c1-9(2,3)15-17(11,16-10(4,5)6)8-14-18(7,12)13/h8H2,1-7H3. The van der Waals surface area contributed by atoms with Crippen molar-refractivity contribution in [3.63, 3.8) is 0 Å². The summed E-state index contributed by atoms with van der Waals surface area (Å²) >= 11 is 0. The van der Waals surface area contributed by atoms with Crippen LogP contribution < -0.4 is 0 Å². The monoisotopic (exact) mass is 302 g/mol. The van der Waals surface area contributed by atoms with Crippen molar-refractivity contribution in [2.24, 2.45) is 0 Å². The van der Waals surface area contributed by atoms with E-state index in [0.717, 1.165) is 6.26 Å². The summed E-state index contributed by atoms with van der Waals surface area (Å²) in [6.45, 7) is 10.2. The second-order valence-electron chi connectivity index (χ2n) is 5.97. The summed E-state index contributed by atoms with van der Waals surface area (Å²) in [6, 6.07) is 0. The molecule has 0 saturated heterocycles. The van der Waals surface area contributed by atoms with Crippen LogP contribution in [-0.4, -0.2) is 32.2 Å². The molecule has 0 aliphatic heterocycles. The molecule has 6 nitrogen and oxygen atoms in total. The van der Waals surface area contributed by atoms with Gasteiger partial charge in [0.2, 0.25) is 0 Å². The average molecular weight is 302 g/mol. The largest absolute Gasteiger partial charge is 0.358 e. The van der Waals surface area contributed by atoms with E-state index in [4.69, 9.17) is 9.05 Å². The average Bonchev–Trinajstić information content (AvgIpc) is 1.91. The van der Waals surface area contributed by atoms with Crippen molar-refractivity contribution in [1.29, 1.82) is 0 Å². The Labute approximate surface area is 110 Å². The molecule has 0 aromatic carbocycles. The Balaban J connectivity index is 4.99. The smallest absolute Gasteiger partial charge is 0.301 e. The molecular weight excluding hydrogens is 279 g/mol. The molecule has 8 heteroatoms. The molecule has 18 heavy (non-hydrogen) atoms. The van der Waals surface area contributed by atoms with Gasteiger partial charge in [0.1, 0.15) is 0 Å². The fourth-order valence-electron chi connectivity index (χ4n) is 1.07. The summed E-state index contributed by atoms with van der Waals surface area (Å²) in [5.41, 5.74) is -1.47. The normalized spacial score (nSPS) is 14.8. The van der Waals surface area contributed by atoms with Gasteiger partial charge in [-0.1, -0.05) is 0 Å². The minimum absolute atomic E-state index is 0.625. The van der Waals surface area contributed by atoms with E-state index in [9.17, 15) is 13.0 Å². The fraction of sp³-hybridized carbons (Fsp3) is 1.00. The number of rotatable bonds is 5. The maximum atomic E-state index is 12.5. The van der Waals surface area contributed by atoms with Crippen molar-refractivity contribution < 1.29 is 26.2 Å². The molecule has 0 aliphatic carbocycles. The van der Waals surface area contributed by atoms with Crippen LogP contribution >= 0.6 is 7.60 Å². The lowest BCUT2D eigenvalue weighted by Gasteiger charge is -2.31. The van der Waals surface area contributed by atoms with E-state index in [1.54, 1.807) is 41.5 Å². The second kappa shape index (κ2) is 5.59. The Morgan fingerprint density at radius 2 is 1.28 bits per heavy atom. The molecule has 0 aromatic rings. The molecule has 0 rings (SSSR count). The van der Waals surface area contributed by atoms with Crippen LogP contribution in [-0.2, 0) is 27.9 Å². The van der Waals surface area contributed by atoms with E-state index >= 15 is 0 Å². The zero-order valence-electron chi connectivity index (χ0n) is 12.0. The molecule has 0 N–H and O–H groups in total. The van der Waals surface area contributed by atoms with Gasteiger partial charge in [0, 0.05) is 0 Å². The van der Waals surface area contributed by atoms with Gasteiger partial charge in [-0.15, -0.1) is 0 Å². The van der Waals surface area contributed by atoms with Crippen molar-refractivity contribution >= 4 is 17.7 Å². The minimum atomic E-state index is -3.70. The summed E-state index contributed by atoms with van der Waals surface area (Å²) in [4.78, 5) is 0. The van der Waals surface area contributed by atoms with Crippen LogP contribution in [0.5, 0.6) is 0 Å². The topological polar surface area (TPSA) is 78.9 Å². The molecule has 0 bridgehead atoms. The molecular formula is C10H23O6PS. The van der Waals surface area contributed by atoms with Crippen LogP contribution in [0.3, 0.4) is 0 Å². The summed E-state index contributed by atoms with van der Waals surface area (Å²) in [6.07, 6.45) is 0.256. The van der Waals surface area contributed by atoms with Gasteiger partial charge in [0.05, 0.1) is 17.5 Å². The first-order valence-corrected chi connectivity index (χ1v) is 9.01. The van der Waals surface area contributed by atoms with Crippen molar-refractivity contribution in [3.05, 3.63) is 0 Å². The van der Waals surface area contributed by atoms with Gasteiger partial charge < -0.3 is 9.05 Å². The predicted octanol–water partition coefficient (Wildman–Crippen LogP) is 2.74. The van der Waals surface area contributed by atoms with Crippen molar-refractivity contribution in [1.82, 2.24) is 0 Å². The van der Waals surface area contributed by atoms with Crippen molar-refractivity contribution in [2.75, 3.05) is 12.6 Å². The molecule has 0 aliphatic rings. The van der Waals surface area contributed by atoms with E-state index in [1.165, 1.54) is 0 Å². The van der Waals surface area contributed by atoms with E-state index < -0.39 is 35.3 Å². The van der Waals surface area contributed by atoms with Gasteiger partial charge in [-0.25, -0.2) is 0 Å². The van der Waals surface area contributed by atoms with Crippen molar-refractivity contribution in [2.45, 2.75) is 52.7 Å². The molecule has 0 amide bonds. The van der Waals surface area contributed by atoms with Crippen LogP contribution in [0.2, 0.25) is 0 Å². The highest BCUT2D eigenvalue weighted by Crippen LogP contribution is 2.54. The van der Waals surface area contributed by atoms with E-state index in [1.807, 2.05) is 0 Å². The Morgan fingerprint density at radius 3 is 1.50 bits per heavy atom. The molecule has 0 unspecified atom stereocenters. The van der Waals surface area contributed by atoms with Crippen molar-refractivity contribution in [3.8, 4) is 0 Å². The minimum Gasteiger partial charge on any atom is -0.301 e. The van der Waals surface area contributed by atoms with Crippen LogP contribution in [0.15, 0.2) is 0 Å². The summed E-state index contributed by atoms with van der Waals surface area (Å²) in [5.74, 6) is 0. The van der Waals surface area contributed by atoms with Gasteiger partial charge in [0.15, 0.2) is 6.35 Å². The highest BCUT2D eigenvalue weighted by Gasteiger charge is 2.36. The van der Waals surface area contributed by atoms with E-state index in [2.05, 4.69) is 4.18 Å². The zero-order chi connectivity index (χ0) is 14.8. The first-order valence-electron chi connectivity index (χ1n) is 5.47. The highest BCUT2D eigenvalue weighted by atomic mass is 32.2. The Hall–Kier alpha value is 0.0600. The molecule has 0 spiro atoms. The highest BCUT2D eigenvalue weighted by molar-refractivity contribution is 7.86. The van der Waals surface area contributed by atoms with Gasteiger partial charge in [-0.2, -0.15) is 8.42 Å². The van der Waals surface area contributed by atoms with Gasteiger partial charge >= 0.3 is 7.60 Å². The molecule has 0 fully saturated rings. The molecule has 0 saturated carbocycles. The maximum absolute atomic E-state index is 12.5. The zero-order valence-corrected chi connectivity index (χ0v) is 13.7. The summed E-state index contributed by atoms with van der Waals surface area (Å²) in [5, 5.41) is 0. The molecule has 0 atom stereocenters. The van der Waals surface area contributed by atoms with Crippen LogP contribution in [0.25, 0.3) is 0 Å². The lowest BCUT2D eigenvalue weighted by Crippen LogP contribution is -2.25. The van der Waals surface area contributed by atoms with Crippen LogP contribution in [0.4, 0.5) is 0 Å². The third-order valence-electron chi connectivity index (χ3n) is 1.25. The quantitative estimate of drug-likeness (QED) is 0.574. The number of hydrogen-bond acceptors (Lipinski definition) is 6. The van der Waals surface area contributed by atoms with Gasteiger partial charge in [-0.3, -0.25) is 8.75 Å². The molecule has 0 heterocycles. The predicted molar refractivity (Wildman–Crippen MR) is 70.1 cm³/mol. The first kappa shape index (κ1) is 18.1. The third-order valence-corrected chi connectivity index (χ3v) is 4.07. The fourth-order valence-corrected chi connectivity index (χ4v) is 4.16. The molecule has 0 radical (unpaired) electrons. The molecule has 0 aromatic heterocycles. The van der Waals surface area contributed by atoms with Crippen LogP contribution in [0.1, 0.15) is 41.5 Å². The Kier molecular flexibility index (Phi) is 5.61. The maximum Gasteiger partial charge on any atom is 0.358 e. The van der Waals surface area contributed by atoms with Gasteiger partial charge in [0.25, 0.3) is 10.1 Å². The number of hydrogen-bond donors (Lipinski definition) is 0.